The van der Waals surface area contributed by atoms with Crippen molar-refractivity contribution in [2.75, 3.05) is 26.3 Å². The van der Waals surface area contributed by atoms with Crippen molar-refractivity contribution < 1.29 is 4.74 Å². The molecule has 0 saturated carbocycles. The molecule has 1 heterocycles. The Labute approximate surface area is 94.0 Å². The smallest absolute Gasteiger partial charge is 0.353 e. The first-order chi connectivity index (χ1) is 7.38. The van der Waals surface area contributed by atoms with E-state index in [2.05, 4.69) is 23.3 Å². The first kappa shape index (κ1) is 10.5. The maximum Gasteiger partial charge on any atom is 0.353 e. The minimum absolute atomic E-state index is 0.831. The summed E-state index contributed by atoms with van der Waals surface area (Å²) in [5, 5.41) is 0. The van der Waals surface area contributed by atoms with Crippen LogP contribution in [-0.4, -0.2) is 31.2 Å². The van der Waals surface area contributed by atoms with Crippen LogP contribution in [0.4, 0.5) is 0 Å². The fraction of sp³-hybridized carbons (Fsp3) is 0.455. The maximum absolute atomic E-state index is 7.17. The predicted molar refractivity (Wildman–Crippen MR) is 62.4 cm³/mol. The third kappa shape index (κ3) is 2.97. The van der Waals surface area contributed by atoms with Crippen molar-refractivity contribution in [3.05, 3.63) is 34.9 Å². The molecule has 1 aliphatic carbocycles. The minimum atomic E-state index is 0.831. The van der Waals surface area contributed by atoms with Crippen molar-refractivity contribution in [3.8, 4) is 0 Å². The highest BCUT2D eigenvalue weighted by Gasteiger charge is 2.11. The van der Waals surface area contributed by atoms with Crippen LogP contribution in [0.15, 0.2) is 34.9 Å². The number of allylic oxidation sites excluding steroid dienone is 4. The molecule has 0 aromatic heterocycles. The first-order valence-electron chi connectivity index (χ1n) is 5.13. The largest absolute Gasteiger partial charge is 0.378 e. The van der Waals surface area contributed by atoms with E-state index in [9.17, 15) is 0 Å². The van der Waals surface area contributed by atoms with Crippen LogP contribution in [0.3, 0.4) is 0 Å². The van der Waals surface area contributed by atoms with Gasteiger partial charge in [0.1, 0.15) is 0 Å². The van der Waals surface area contributed by atoms with E-state index in [0.29, 0.717) is 0 Å². The van der Waals surface area contributed by atoms with Gasteiger partial charge >= 0.3 is 11.6 Å². The monoisotopic (exact) mass is 223 g/mol. The van der Waals surface area contributed by atoms with Gasteiger partial charge in [-0.25, -0.2) is 0 Å². The number of rotatable bonds is 2. The zero-order valence-electron chi connectivity index (χ0n) is 8.61. The molecule has 1 N–H and O–H groups in total. The highest BCUT2D eigenvalue weighted by Crippen LogP contribution is 2.16. The van der Waals surface area contributed by atoms with Gasteiger partial charge in [-0.15, -0.1) is 0 Å². The third-order valence-electron chi connectivity index (χ3n) is 2.51. The van der Waals surface area contributed by atoms with Gasteiger partial charge in [0.05, 0.1) is 13.2 Å². The Hall–Kier alpha value is -1.00. The van der Waals surface area contributed by atoms with Crippen LogP contribution >= 0.6 is 0 Å². The molecule has 2 rings (SSSR count). The normalized spacial score (nSPS) is 24.1. The molecule has 0 amide bonds. The van der Waals surface area contributed by atoms with E-state index < -0.39 is 0 Å². The standard InChI is InChI=1S/C11H15N2OS/c12-15-11-3-1-10(2-4-11)9-13-5-7-14-8-6-13/h1,3-4,9,12H,2,5-8H2/q+1. The Kier molecular flexibility index (Phi) is 3.64. The molecule has 80 valence electrons. The first-order valence-corrected chi connectivity index (χ1v) is 5.94. The molecule has 0 aromatic carbocycles. The molecular weight excluding hydrogens is 208 g/mol. The van der Waals surface area contributed by atoms with Crippen molar-refractivity contribution in [2.24, 2.45) is 0 Å². The second-order valence-electron chi connectivity index (χ2n) is 3.60. The Morgan fingerprint density at radius 1 is 1.33 bits per heavy atom. The Bertz CT molecular complexity index is 327. The summed E-state index contributed by atoms with van der Waals surface area (Å²) in [6.07, 6.45) is 9.36. The number of nitrogens with zero attached hydrogens (tertiary/aromatic N) is 1. The number of ether oxygens (including phenoxy) is 1. The molecule has 1 saturated heterocycles. The SMILES string of the molecule is N=[S+]C1=CCC(=CN2CCOCC2)C=C1. The van der Waals surface area contributed by atoms with Crippen LogP contribution in [0.1, 0.15) is 6.42 Å². The van der Waals surface area contributed by atoms with Crippen LogP contribution in [0.5, 0.6) is 0 Å². The molecule has 4 heteroatoms. The maximum atomic E-state index is 7.17. The summed E-state index contributed by atoms with van der Waals surface area (Å²) in [6.45, 7) is 3.64. The Morgan fingerprint density at radius 3 is 2.73 bits per heavy atom. The van der Waals surface area contributed by atoms with E-state index in [1.54, 1.807) is 0 Å². The van der Waals surface area contributed by atoms with Crippen molar-refractivity contribution in [3.63, 3.8) is 0 Å². The quantitative estimate of drug-likeness (QED) is 0.726. The Morgan fingerprint density at radius 2 is 2.13 bits per heavy atom. The summed E-state index contributed by atoms with van der Waals surface area (Å²) < 4.78 is 12.5. The molecular formula is C11H15N2OS+. The lowest BCUT2D eigenvalue weighted by Gasteiger charge is -2.26. The number of nitrogens with one attached hydrogen (secondary N) is 1. The summed E-state index contributed by atoms with van der Waals surface area (Å²) in [7, 11) is 0. The minimum Gasteiger partial charge on any atom is -0.378 e. The van der Waals surface area contributed by atoms with Crippen LogP contribution in [0, 0.1) is 4.78 Å². The second-order valence-corrected chi connectivity index (χ2v) is 4.27. The molecule has 15 heavy (non-hydrogen) atoms. The zero-order valence-corrected chi connectivity index (χ0v) is 9.43. The van der Waals surface area contributed by atoms with Crippen LogP contribution in [0.2, 0.25) is 0 Å². The molecule has 1 aliphatic heterocycles. The van der Waals surface area contributed by atoms with E-state index >= 15 is 0 Å². The fourth-order valence-corrected chi connectivity index (χ4v) is 1.96. The topological polar surface area (TPSA) is 36.3 Å². The molecule has 2 aliphatic rings. The van der Waals surface area contributed by atoms with Crippen molar-refractivity contribution >= 4 is 11.6 Å². The third-order valence-corrected chi connectivity index (χ3v) is 3.05. The molecule has 3 nitrogen and oxygen atoms in total. The van der Waals surface area contributed by atoms with Gasteiger partial charge in [-0.3, -0.25) is 0 Å². The predicted octanol–water partition coefficient (Wildman–Crippen LogP) is 1.89. The van der Waals surface area contributed by atoms with Crippen LogP contribution in [0.25, 0.3) is 0 Å². The molecule has 0 spiro atoms. The lowest BCUT2D eigenvalue weighted by molar-refractivity contribution is 0.0591. The summed E-state index contributed by atoms with van der Waals surface area (Å²) in [5.41, 5.74) is 1.31. The van der Waals surface area contributed by atoms with Gasteiger partial charge in [0.2, 0.25) is 0 Å². The van der Waals surface area contributed by atoms with Crippen molar-refractivity contribution in [1.82, 2.24) is 4.90 Å². The van der Waals surface area contributed by atoms with E-state index in [-0.39, 0.29) is 0 Å². The lowest BCUT2D eigenvalue weighted by atomic mass is 10.1. The van der Waals surface area contributed by atoms with E-state index in [1.165, 1.54) is 5.57 Å². The van der Waals surface area contributed by atoms with E-state index in [4.69, 9.17) is 9.52 Å². The second kappa shape index (κ2) is 5.19. The fourth-order valence-electron chi connectivity index (χ4n) is 1.66. The van der Waals surface area contributed by atoms with Gasteiger partial charge in [0.15, 0.2) is 0 Å². The molecule has 1 fully saturated rings. The molecule has 0 bridgehead atoms. The molecule has 0 atom stereocenters. The summed E-state index contributed by atoms with van der Waals surface area (Å²) in [6, 6.07) is 0. The summed E-state index contributed by atoms with van der Waals surface area (Å²) in [4.78, 5) is 3.34. The van der Waals surface area contributed by atoms with Gasteiger partial charge in [-0.05, 0) is 22.8 Å². The highest BCUT2D eigenvalue weighted by molar-refractivity contribution is 7.71. The van der Waals surface area contributed by atoms with Gasteiger partial charge in [-0.1, -0.05) is 6.08 Å². The van der Waals surface area contributed by atoms with Gasteiger partial charge in [-0.2, -0.15) is 0 Å². The lowest BCUT2D eigenvalue weighted by Crippen LogP contribution is -2.32. The van der Waals surface area contributed by atoms with E-state index in [1.807, 2.05) is 6.08 Å². The van der Waals surface area contributed by atoms with Crippen molar-refractivity contribution in [2.45, 2.75) is 6.42 Å². The molecule has 0 aromatic rings. The average Bonchev–Trinajstić information content (AvgIpc) is 2.31. The number of hydrogen-bond acceptors (Lipinski definition) is 3. The molecule has 0 radical (unpaired) electrons. The van der Waals surface area contributed by atoms with Gasteiger partial charge in [0.25, 0.3) is 4.91 Å². The highest BCUT2D eigenvalue weighted by atomic mass is 32.1. The van der Waals surface area contributed by atoms with Crippen molar-refractivity contribution in [1.29, 1.82) is 4.78 Å². The van der Waals surface area contributed by atoms with Crippen LogP contribution in [-0.2, 0) is 16.3 Å². The zero-order chi connectivity index (χ0) is 10.5. The average molecular weight is 223 g/mol. The molecule has 0 unspecified atom stereocenters. The number of morpholine rings is 1. The Balaban J connectivity index is 1.95. The number of hydrogen-bond donors (Lipinski definition) is 1. The summed E-state index contributed by atoms with van der Waals surface area (Å²) in [5.74, 6) is 0. The van der Waals surface area contributed by atoms with E-state index in [0.717, 1.165) is 49.2 Å². The summed E-state index contributed by atoms with van der Waals surface area (Å²) >= 11 is 1.06. The van der Waals surface area contributed by atoms with Gasteiger partial charge in [0, 0.05) is 25.4 Å². The van der Waals surface area contributed by atoms with Crippen LogP contribution < -0.4 is 0 Å². The van der Waals surface area contributed by atoms with Gasteiger partial charge < -0.3 is 9.64 Å².